The number of allylic oxidation sites excluding steroid dienone is 1. The molecule has 3 aromatic rings. The van der Waals surface area contributed by atoms with Crippen LogP contribution in [-0.2, 0) is 4.74 Å². The van der Waals surface area contributed by atoms with Gasteiger partial charge in [-0.25, -0.2) is 19.7 Å². The van der Waals surface area contributed by atoms with Gasteiger partial charge in [-0.05, 0) is 61.9 Å². The Morgan fingerprint density at radius 1 is 1.09 bits per heavy atom. The monoisotopic (exact) mass is 441 g/mol. The third-order valence-corrected chi connectivity index (χ3v) is 6.49. The smallest absolute Gasteiger partial charge is 0.411 e. The van der Waals surface area contributed by atoms with Crippen LogP contribution in [0.4, 0.5) is 10.6 Å². The second-order valence-corrected chi connectivity index (χ2v) is 9.08. The predicted molar refractivity (Wildman–Crippen MR) is 127 cm³/mol. The Kier molecular flexibility index (Phi) is 5.32. The molecule has 0 radical (unpaired) electrons. The lowest BCUT2D eigenvalue weighted by molar-refractivity contribution is 0.0668. The van der Waals surface area contributed by atoms with Gasteiger partial charge in [-0.3, -0.25) is 4.90 Å². The van der Waals surface area contributed by atoms with Gasteiger partial charge in [-0.2, -0.15) is 0 Å². The molecule has 2 aromatic heterocycles. The summed E-state index contributed by atoms with van der Waals surface area (Å²) >= 11 is 0. The average molecular weight is 442 g/mol. The van der Waals surface area contributed by atoms with Crippen molar-refractivity contribution in [3.63, 3.8) is 0 Å². The number of nitrogens with zero attached hydrogens (tertiary/aromatic N) is 4. The molecule has 0 saturated carbocycles. The van der Waals surface area contributed by atoms with Gasteiger partial charge >= 0.3 is 6.09 Å². The number of pyridine rings is 1. The number of nitrogens with two attached hydrogens (primary N) is 1. The van der Waals surface area contributed by atoms with Crippen molar-refractivity contribution in [2.45, 2.75) is 50.8 Å². The molecule has 2 N–H and O–H groups in total. The Hall–Kier alpha value is -3.74. The molecule has 0 bridgehead atoms. The van der Waals surface area contributed by atoms with E-state index in [1.807, 2.05) is 43.0 Å². The lowest BCUT2D eigenvalue weighted by Gasteiger charge is -2.36. The predicted octanol–water partition coefficient (Wildman–Crippen LogP) is 5.03. The van der Waals surface area contributed by atoms with Crippen molar-refractivity contribution in [2.24, 2.45) is 0 Å². The maximum absolute atomic E-state index is 12.9. The van der Waals surface area contributed by atoms with E-state index in [9.17, 15) is 4.79 Å². The maximum atomic E-state index is 12.9. The van der Waals surface area contributed by atoms with Gasteiger partial charge in [0, 0.05) is 24.6 Å². The number of anilines is 1. The molecule has 5 rings (SSSR count). The third-order valence-electron chi connectivity index (χ3n) is 6.49. The van der Waals surface area contributed by atoms with E-state index in [1.165, 1.54) is 5.57 Å². The first kappa shape index (κ1) is 21.1. The number of hydrogen-bond acceptors (Lipinski definition) is 6. The van der Waals surface area contributed by atoms with Crippen LogP contribution in [0.5, 0.6) is 0 Å². The zero-order valence-electron chi connectivity index (χ0n) is 18.8. The zero-order valence-corrected chi connectivity index (χ0v) is 18.8. The molecule has 1 amide bonds. The minimum Gasteiger partial charge on any atom is -0.441 e. The molecule has 7 nitrogen and oxygen atoms in total. The first-order valence-electron chi connectivity index (χ1n) is 11.2. The second kappa shape index (κ2) is 8.31. The van der Waals surface area contributed by atoms with E-state index in [4.69, 9.17) is 10.5 Å². The second-order valence-electron chi connectivity index (χ2n) is 9.08. The molecule has 2 aliphatic rings. The summed E-state index contributed by atoms with van der Waals surface area (Å²) in [6, 6.07) is 13.9. The number of amides is 1. The fourth-order valence-corrected chi connectivity index (χ4v) is 4.93. The molecule has 1 aromatic carbocycles. The zero-order chi connectivity index (χ0) is 23.0. The van der Waals surface area contributed by atoms with Gasteiger partial charge in [0.1, 0.15) is 11.4 Å². The molecule has 1 unspecified atom stereocenters. The van der Waals surface area contributed by atoms with E-state index < -0.39 is 5.60 Å². The van der Waals surface area contributed by atoms with Gasteiger partial charge in [-0.1, -0.05) is 36.4 Å². The molecule has 1 aliphatic carbocycles. The lowest BCUT2D eigenvalue weighted by Crippen LogP contribution is -2.41. The number of carbonyl (C=O) groups excluding carboxylic acids is 1. The first-order chi connectivity index (χ1) is 15.9. The molecule has 3 heterocycles. The van der Waals surface area contributed by atoms with E-state index >= 15 is 0 Å². The summed E-state index contributed by atoms with van der Waals surface area (Å²) in [5.41, 5.74) is 9.53. The molecule has 2 atom stereocenters. The Bertz CT molecular complexity index is 1190. The topological polar surface area (TPSA) is 94.2 Å². The highest BCUT2D eigenvalue weighted by Gasteiger charge is 2.50. The van der Waals surface area contributed by atoms with Crippen molar-refractivity contribution in [3.05, 3.63) is 78.3 Å². The minimum atomic E-state index is -0.589. The Morgan fingerprint density at radius 2 is 1.85 bits per heavy atom. The highest BCUT2D eigenvalue weighted by atomic mass is 16.6. The van der Waals surface area contributed by atoms with Crippen LogP contribution in [0.1, 0.15) is 50.3 Å². The van der Waals surface area contributed by atoms with E-state index in [1.54, 1.807) is 24.7 Å². The Labute approximate surface area is 193 Å². The van der Waals surface area contributed by atoms with Crippen LogP contribution in [0.2, 0.25) is 0 Å². The number of nitrogen functional groups attached to an aromatic ring is 1. The molecule has 168 valence electrons. The quantitative estimate of drug-likeness (QED) is 0.610. The number of rotatable bonds is 4. The van der Waals surface area contributed by atoms with E-state index in [-0.39, 0.29) is 18.2 Å². The van der Waals surface area contributed by atoms with Crippen molar-refractivity contribution in [3.8, 4) is 11.4 Å². The maximum Gasteiger partial charge on any atom is 0.411 e. The van der Waals surface area contributed by atoms with E-state index in [0.29, 0.717) is 11.6 Å². The van der Waals surface area contributed by atoms with Gasteiger partial charge in [-0.15, -0.1) is 0 Å². The number of ether oxygens (including phenoxy) is 1. The van der Waals surface area contributed by atoms with Crippen molar-refractivity contribution < 1.29 is 9.53 Å². The van der Waals surface area contributed by atoms with Crippen molar-refractivity contribution in [1.29, 1.82) is 0 Å². The normalized spacial score (nSPS) is 22.1. The van der Waals surface area contributed by atoms with Crippen LogP contribution in [0.25, 0.3) is 17.0 Å². The molecular weight excluding hydrogens is 414 g/mol. The van der Waals surface area contributed by atoms with Gasteiger partial charge < -0.3 is 10.5 Å². The summed E-state index contributed by atoms with van der Waals surface area (Å²) in [5, 5.41) is 0. The summed E-state index contributed by atoms with van der Waals surface area (Å²) in [6.45, 7) is 3.97. The van der Waals surface area contributed by atoms with Gasteiger partial charge in [0.15, 0.2) is 5.82 Å². The lowest BCUT2D eigenvalue weighted by atomic mass is 9.86. The van der Waals surface area contributed by atoms with Gasteiger partial charge in [0.2, 0.25) is 0 Å². The SMILES string of the molecule is CC1(C)OC(=O)N([C@@H]2CC=C(c3cnc(N)c(-c4ncccn4)c3)CC2)C1c1ccccc1. The minimum absolute atomic E-state index is 0.0758. The largest absolute Gasteiger partial charge is 0.441 e. The fraction of sp³-hybridized carbons (Fsp3) is 0.308. The van der Waals surface area contributed by atoms with Gasteiger partial charge in [0.25, 0.3) is 0 Å². The van der Waals surface area contributed by atoms with Crippen LogP contribution >= 0.6 is 0 Å². The highest BCUT2D eigenvalue weighted by Crippen LogP contribution is 2.45. The molecule has 7 heteroatoms. The number of cyclic esters (lactones) is 1. The van der Waals surface area contributed by atoms with Crippen LogP contribution in [0.15, 0.2) is 67.1 Å². The number of hydrogen-bond donors (Lipinski definition) is 1. The number of carbonyl (C=O) groups is 1. The third kappa shape index (κ3) is 3.95. The van der Waals surface area contributed by atoms with Crippen molar-refractivity contribution in [2.75, 3.05) is 5.73 Å². The fourth-order valence-electron chi connectivity index (χ4n) is 4.93. The van der Waals surface area contributed by atoms with Crippen molar-refractivity contribution >= 4 is 17.5 Å². The molecule has 1 saturated heterocycles. The standard InChI is InChI=1S/C26H27N5O2/c1-26(2)22(18-7-4-3-5-8-18)31(25(32)33-26)20-11-9-17(10-12-20)19-15-21(23(27)30-16-19)24-28-13-6-14-29-24/h3-9,13-16,20,22H,10-12H2,1-2H3,(H2,27,30)/t20-,22?/m1/s1. The van der Waals surface area contributed by atoms with Crippen molar-refractivity contribution in [1.82, 2.24) is 19.9 Å². The molecule has 0 spiro atoms. The van der Waals surface area contributed by atoms with Crippen LogP contribution in [0, 0.1) is 0 Å². The molecule has 1 aliphatic heterocycles. The summed E-state index contributed by atoms with van der Waals surface area (Å²) in [5.74, 6) is 0.971. The first-order valence-corrected chi connectivity index (χ1v) is 11.2. The average Bonchev–Trinajstić information content (AvgIpc) is 3.08. The summed E-state index contributed by atoms with van der Waals surface area (Å²) in [6.07, 6.45) is 9.58. The van der Waals surface area contributed by atoms with E-state index in [0.717, 1.165) is 36.0 Å². The summed E-state index contributed by atoms with van der Waals surface area (Å²) in [7, 11) is 0. The number of benzene rings is 1. The van der Waals surface area contributed by atoms with E-state index in [2.05, 4.69) is 33.2 Å². The van der Waals surface area contributed by atoms with Crippen LogP contribution in [0.3, 0.4) is 0 Å². The summed E-state index contributed by atoms with van der Waals surface area (Å²) in [4.78, 5) is 27.9. The number of aromatic nitrogens is 3. The van der Waals surface area contributed by atoms with Gasteiger partial charge in [0.05, 0.1) is 11.6 Å². The Balaban J connectivity index is 1.41. The molecular formula is C26H27N5O2. The summed E-state index contributed by atoms with van der Waals surface area (Å²) < 4.78 is 5.80. The highest BCUT2D eigenvalue weighted by molar-refractivity contribution is 5.76. The Morgan fingerprint density at radius 3 is 2.55 bits per heavy atom. The molecule has 1 fully saturated rings. The molecule has 33 heavy (non-hydrogen) atoms. The van der Waals surface area contributed by atoms with Crippen LogP contribution < -0.4 is 5.73 Å². The van der Waals surface area contributed by atoms with Crippen LogP contribution in [-0.4, -0.2) is 37.6 Å².